The summed E-state index contributed by atoms with van der Waals surface area (Å²) in [5, 5.41) is 3.31. The molecule has 3 heteroatoms. The maximum atomic E-state index is 12.6. The van der Waals surface area contributed by atoms with Crippen molar-refractivity contribution in [3.8, 4) is 0 Å². The highest BCUT2D eigenvalue weighted by atomic mass is 16.1. The molecule has 2 aromatic rings. The van der Waals surface area contributed by atoms with E-state index in [9.17, 15) is 4.79 Å². The van der Waals surface area contributed by atoms with Crippen LogP contribution < -0.4 is 10.2 Å². The molecular weight excluding hydrogens is 368 g/mol. The molecule has 3 nitrogen and oxygen atoms in total. The monoisotopic (exact) mass is 403 g/mol. The summed E-state index contributed by atoms with van der Waals surface area (Å²) in [7, 11) is 0. The van der Waals surface area contributed by atoms with Gasteiger partial charge in [0.05, 0.1) is 13.1 Å². The average molecular weight is 404 g/mol. The zero-order chi connectivity index (χ0) is 20.3. The van der Waals surface area contributed by atoms with E-state index in [1.807, 2.05) is 12.1 Å². The Hall–Kier alpha value is -2.13. The third kappa shape index (κ3) is 4.62. The van der Waals surface area contributed by atoms with Gasteiger partial charge in [0.25, 0.3) is 5.91 Å². The van der Waals surface area contributed by atoms with Crippen molar-refractivity contribution in [2.75, 3.05) is 13.1 Å². The van der Waals surface area contributed by atoms with Crippen molar-refractivity contribution < 1.29 is 9.69 Å². The summed E-state index contributed by atoms with van der Waals surface area (Å²) < 4.78 is 0. The first-order valence-electron chi connectivity index (χ1n) is 12.0. The fraction of sp³-hybridized carbons (Fsp3) is 0.519. The van der Waals surface area contributed by atoms with Crippen LogP contribution in [0.5, 0.6) is 0 Å². The molecule has 1 aliphatic heterocycles. The molecule has 3 atom stereocenters. The number of piperidine rings is 1. The van der Waals surface area contributed by atoms with E-state index in [1.165, 1.54) is 69.2 Å². The predicted octanol–water partition coefficient (Wildman–Crippen LogP) is 3.64. The van der Waals surface area contributed by atoms with Gasteiger partial charge < -0.3 is 10.2 Å². The molecule has 0 spiro atoms. The maximum absolute atomic E-state index is 12.6. The molecule has 158 valence electrons. The Labute approximate surface area is 180 Å². The third-order valence-electron chi connectivity index (χ3n) is 7.90. The number of amides is 1. The van der Waals surface area contributed by atoms with Crippen molar-refractivity contribution in [1.82, 2.24) is 5.32 Å². The van der Waals surface area contributed by atoms with Crippen LogP contribution in [0.15, 0.2) is 54.6 Å². The molecule has 0 radical (unpaired) electrons. The van der Waals surface area contributed by atoms with Crippen LogP contribution in [0, 0.1) is 17.8 Å². The molecule has 2 bridgehead atoms. The van der Waals surface area contributed by atoms with Crippen molar-refractivity contribution in [2.24, 2.45) is 17.8 Å². The summed E-state index contributed by atoms with van der Waals surface area (Å²) in [6.07, 6.45) is 9.05. The van der Waals surface area contributed by atoms with E-state index in [0.717, 1.165) is 29.9 Å². The lowest BCUT2D eigenvalue weighted by Crippen LogP contribution is -3.11. The standard InChI is InChI=1S/C27H34N2O/c30-27(28-26-18-23-8-11-25(26)17-23)24-9-6-22(7-10-24)19-29-14-12-21(13-15-29)16-20-4-2-1-3-5-20/h1-7,9-10,21,23,25-26H,8,11-19H2,(H,28,30)/p+1/t23-,25+,26+/m1/s1. The van der Waals surface area contributed by atoms with E-state index >= 15 is 0 Å². The minimum Gasteiger partial charge on any atom is -0.349 e. The molecule has 5 rings (SSSR count). The van der Waals surface area contributed by atoms with E-state index in [1.54, 1.807) is 4.90 Å². The van der Waals surface area contributed by atoms with Crippen LogP contribution in [0.4, 0.5) is 0 Å². The lowest BCUT2D eigenvalue weighted by molar-refractivity contribution is -0.919. The minimum absolute atomic E-state index is 0.119. The molecule has 3 fully saturated rings. The van der Waals surface area contributed by atoms with Crippen molar-refractivity contribution in [1.29, 1.82) is 0 Å². The van der Waals surface area contributed by atoms with Gasteiger partial charge in [0.2, 0.25) is 0 Å². The smallest absolute Gasteiger partial charge is 0.251 e. The normalized spacial score (nSPS) is 30.3. The van der Waals surface area contributed by atoms with E-state index < -0.39 is 0 Å². The Morgan fingerprint density at radius 2 is 1.63 bits per heavy atom. The third-order valence-corrected chi connectivity index (χ3v) is 7.90. The van der Waals surface area contributed by atoms with Gasteiger partial charge in [-0.15, -0.1) is 0 Å². The minimum atomic E-state index is 0.119. The van der Waals surface area contributed by atoms with Gasteiger partial charge >= 0.3 is 0 Å². The van der Waals surface area contributed by atoms with Crippen LogP contribution in [-0.4, -0.2) is 25.0 Å². The van der Waals surface area contributed by atoms with Crippen LogP contribution in [-0.2, 0) is 13.0 Å². The summed E-state index contributed by atoms with van der Waals surface area (Å²) in [5.41, 5.74) is 3.64. The molecule has 2 N–H and O–H groups in total. The number of carbonyl (C=O) groups excluding carboxylic acids is 1. The Bertz CT molecular complexity index is 839. The highest BCUT2D eigenvalue weighted by Gasteiger charge is 2.40. The van der Waals surface area contributed by atoms with Gasteiger partial charge in [-0.3, -0.25) is 4.79 Å². The summed E-state index contributed by atoms with van der Waals surface area (Å²) in [4.78, 5) is 14.3. The molecule has 0 unspecified atom stereocenters. The molecule has 3 aliphatic rings. The number of hydrogen-bond donors (Lipinski definition) is 2. The molecule has 2 aromatic carbocycles. The second-order valence-electron chi connectivity index (χ2n) is 10.0. The number of benzene rings is 2. The Balaban J connectivity index is 1.08. The molecule has 30 heavy (non-hydrogen) atoms. The van der Waals surface area contributed by atoms with Crippen LogP contribution in [0.25, 0.3) is 0 Å². The molecule has 2 aliphatic carbocycles. The van der Waals surface area contributed by atoms with E-state index in [4.69, 9.17) is 0 Å². The topological polar surface area (TPSA) is 33.5 Å². The van der Waals surface area contributed by atoms with Gasteiger partial charge in [0.1, 0.15) is 6.54 Å². The van der Waals surface area contributed by atoms with Gasteiger partial charge in [0.15, 0.2) is 0 Å². The second kappa shape index (κ2) is 8.93. The number of nitrogens with one attached hydrogen (secondary N) is 2. The largest absolute Gasteiger partial charge is 0.349 e. The van der Waals surface area contributed by atoms with Gasteiger partial charge in [-0.05, 0) is 74.0 Å². The quantitative estimate of drug-likeness (QED) is 0.759. The molecule has 0 aromatic heterocycles. The van der Waals surface area contributed by atoms with Crippen molar-refractivity contribution in [3.63, 3.8) is 0 Å². The van der Waals surface area contributed by atoms with Gasteiger partial charge in [-0.2, -0.15) is 0 Å². The molecule has 2 saturated carbocycles. The van der Waals surface area contributed by atoms with Crippen molar-refractivity contribution >= 4 is 5.91 Å². The van der Waals surface area contributed by atoms with Crippen molar-refractivity contribution in [3.05, 3.63) is 71.3 Å². The van der Waals surface area contributed by atoms with Gasteiger partial charge in [-0.1, -0.05) is 48.9 Å². The fourth-order valence-corrected chi connectivity index (χ4v) is 6.15. The first-order valence-corrected chi connectivity index (χ1v) is 12.0. The second-order valence-corrected chi connectivity index (χ2v) is 10.0. The molecule has 1 saturated heterocycles. The zero-order valence-corrected chi connectivity index (χ0v) is 18.0. The zero-order valence-electron chi connectivity index (χ0n) is 18.0. The van der Waals surface area contributed by atoms with Gasteiger partial charge in [0, 0.05) is 17.2 Å². The van der Waals surface area contributed by atoms with Crippen LogP contribution in [0.2, 0.25) is 0 Å². The summed E-state index contributed by atoms with van der Waals surface area (Å²) >= 11 is 0. The summed E-state index contributed by atoms with van der Waals surface area (Å²) in [5.74, 6) is 2.54. The molecule has 1 heterocycles. The van der Waals surface area contributed by atoms with Crippen LogP contribution >= 0.6 is 0 Å². The first-order chi connectivity index (χ1) is 14.7. The summed E-state index contributed by atoms with van der Waals surface area (Å²) in [6, 6.07) is 19.7. The number of likely N-dealkylation sites (tertiary alicyclic amines) is 1. The molecule has 1 amide bonds. The summed E-state index contributed by atoms with van der Waals surface area (Å²) in [6.45, 7) is 3.58. The number of quaternary nitrogens is 1. The highest BCUT2D eigenvalue weighted by molar-refractivity contribution is 5.94. The van der Waals surface area contributed by atoms with Crippen LogP contribution in [0.1, 0.15) is 60.0 Å². The Morgan fingerprint density at radius 1 is 0.867 bits per heavy atom. The number of carbonyl (C=O) groups is 1. The van der Waals surface area contributed by atoms with E-state index in [2.05, 4.69) is 47.8 Å². The van der Waals surface area contributed by atoms with Crippen LogP contribution in [0.3, 0.4) is 0 Å². The number of hydrogen-bond acceptors (Lipinski definition) is 1. The highest BCUT2D eigenvalue weighted by Crippen LogP contribution is 2.44. The SMILES string of the molecule is O=C(N[C@H]1C[C@@H]2CC[C@H]1C2)c1ccc(C[NH+]2CCC(Cc3ccccc3)CC2)cc1. The maximum Gasteiger partial charge on any atom is 0.251 e. The number of fused-ring (bicyclic) bond motifs is 2. The lowest BCUT2D eigenvalue weighted by Gasteiger charge is -2.29. The molecular formula is C27H35N2O+. The Morgan fingerprint density at radius 3 is 2.30 bits per heavy atom. The predicted molar refractivity (Wildman–Crippen MR) is 120 cm³/mol. The average Bonchev–Trinajstić information content (AvgIpc) is 3.40. The number of rotatable bonds is 6. The van der Waals surface area contributed by atoms with E-state index in [-0.39, 0.29) is 5.91 Å². The lowest BCUT2D eigenvalue weighted by atomic mass is 9.90. The van der Waals surface area contributed by atoms with Crippen molar-refractivity contribution in [2.45, 2.75) is 57.5 Å². The first kappa shape index (κ1) is 19.8. The Kier molecular flexibility index (Phi) is 5.90. The fourth-order valence-electron chi connectivity index (χ4n) is 6.15. The van der Waals surface area contributed by atoms with E-state index in [0.29, 0.717) is 6.04 Å². The van der Waals surface area contributed by atoms with Gasteiger partial charge in [-0.25, -0.2) is 0 Å².